The molecule has 3 aromatic rings. The number of rotatable bonds is 3. The second-order valence-corrected chi connectivity index (χ2v) is 7.26. The van der Waals surface area contributed by atoms with Crippen molar-refractivity contribution in [2.24, 2.45) is 0 Å². The van der Waals surface area contributed by atoms with Gasteiger partial charge in [-0.1, -0.05) is 0 Å². The zero-order valence-corrected chi connectivity index (χ0v) is 14.6. The van der Waals surface area contributed by atoms with Gasteiger partial charge in [0.2, 0.25) is 0 Å². The lowest BCUT2D eigenvalue weighted by atomic mass is 10.3. The van der Waals surface area contributed by atoms with Gasteiger partial charge < -0.3 is 4.57 Å². The molecule has 0 amide bonds. The van der Waals surface area contributed by atoms with Crippen LogP contribution in [0.2, 0.25) is 0 Å². The lowest BCUT2D eigenvalue weighted by Gasteiger charge is -2.09. The smallest absolute Gasteiger partial charge is 0.139 e. The van der Waals surface area contributed by atoms with Gasteiger partial charge in [-0.25, -0.2) is 14.4 Å². The van der Waals surface area contributed by atoms with E-state index in [1.54, 1.807) is 17.4 Å². The minimum Gasteiger partial charge on any atom is -0.320 e. The molecule has 0 aliphatic carbocycles. The SMILES string of the molecule is Cc1csc(Cn2c(C(C)Cl)nc3cc(F)c(Br)cc32)n1. The third-order valence-electron chi connectivity index (χ3n) is 3.14. The highest BCUT2D eigenvalue weighted by Gasteiger charge is 2.17. The van der Waals surface area contributed by atoms with E-state index in [4.69, 9.17) is 11.6 Å². The molecule has 1 unspecified atom stereocenters. The molecule has 0 bridgehead atoms. The summed E-state index contributed by atoms with van der Waals surface area (Å²) in [6, 6.07) is 3.16. The molecule has 3 nitrogen and oxygen atoms in total. The van der Waals surface area contributed by atoms with E-state index in [-0.39, 0.29) is 11.2 Å². The van der Waals surface area contributed by atoms with Crippen molar-refractivity contribution in [3.63, 3.8) is 0 Å². The molecule has 0 spiro atoms. The van der Waals surface area contributed by atoms with Crippen molar-refractivity contribution in [3.05, 3.63) is 44.3 Å². The van der Waals surface area contributed by atoms with Crippen LogP contribution < -0.4 is 0 Å². The first-order valence-corrected chi connectivity index (χ1v) is 8.47. The summed E-state index contributed by atoms with van der Waals surface area (Å²) in [5.41, 5.74) is 2.44. The van der Waals surface area contributed by atoms with Crippen LogP contribution in [0.3, 0.4) is 0 Å². The fourth-order valence-corrected chi connectivity index (χ4v) is 3.48. The number of thiazole rings is 1. The van der Waals surface area contributed by atoms with E-state index >= 15 is 0 Å². The standard InChI is InChI=1S/C14H12BrClFN3S/c1-7-6-21-13(18-7)5-20-12-3-9(15)10(17)4-11(12)19-14(20)8(2)16/h3-4,6,8H,5H2,1-2H3. The molecule has 0 N–H and O–H groups in total. The Kier molecular flexibility index (Phi) is 4.03. The average Bonchev–Trinajstić information content (AvgIpc) is 2.96. The van der Waals surface area contributed by atoms with Gasteiger partial charge >= 0.3 is 0 Å². The predicted octanol–water partition coefficient (Wildman–Crippen LogP) is 5.05. The second kappa shape index (κ2) is 5.66. The summed E-state index contributed by atoms with van der Waals surface area (Å²) in [6.45, 7) is 4.40. The minimum atomic E-state index is -0.328. The van der Waals surface area contributed by atoms with Crippen LogP contribution in [-0.2, 0) is 6.54 Å². The molecule has 3 rings (SSSR count). The van der Waals surface area contributed by atoms with Crippen molar-refractivity contribution in [1.82, 2.24) is 14.5 Å². The van der Waals surface area contributed by atoms with Gasteiger partial charge in [0.25, 0.3) is 0 Å². The Labute approximate surface area is 138 Å². The van der Waals surface area contributed by atoms with E-state index in [9.17, 15) is 4.39 Å². The predicted molar refractivity (Wildman–Crippen MR) is 87.6 cm³/mol. The van der Waals surface area contributed by atoms with E-state index in [0.29, 0.717) is 16.5 Å². The van der Waals surface area contributed by atoms with Crippen LogP contribution in [0.15, 0.2) is 22.0 Å². The van der Waals surface area contributed by atoms with Gasteiger partial charge in [-0.15, -0.1) is 22.9 Å². The number of hydrogen-bond donors (Lipinski definition) is 0. The Hall–Kier alpha value is -0.980. The van der Waals surface area contributed by atoms with Crippen LogP contribution in [0.4, 0.5) is 4.39 Å². The lowest BCUT2D eigenvalue weighted by molar-refractivity contribution is 0.622. The number of benzene rings is 1. The van der Waals surface area contributed by atoms with Crippen molar-refractivity contribution in [2.75, 3.05) is 0 Å². The number of hydrogen-bond acceptors (Lipinski definition) is 3. The fraction of sp³-hybridized carbons (Fsp3) is 0.286. The monoisotopic (exact) mass is 387 g/mol. The van der Waals surface area contributed by atoms with Crippen LogP contribution in [0.5, 0.6) is 0 Å². The number of imidazole rings is 1. The first-order chi connectivity index (χ1) is 9.95. The van der Waals surface area contributed by atoms with Gasteiger partial charge in [-0.05, 0) is 35.8 Å². The van der Waals surface area contributed by atoms with Gasteiger partial charge in [0.15, 0.2) is 0 Å². The van der Waals surface area contributed by atoms with E-state index in [0.717, 1.165) is 22.0 Å². The largest absolute Gasteiger partial charge is 0.320 e. The molecule has 110 valence electrons. The molecule has 7 heteroatoms. The Morgan fingerprint density at radius 2 is 2.19 bits per heavy atom. The molecule has 21 heavy (non-hydrogen) atoms. The van der Waals surface area contributed by atoms with Gasteiger partial charge in [0.1, 0.15) is 16.6 Å². The highest BCUT2D eigenvalue weighted by molar-refractivity contribution is 9.10. The van der Waals surface area contributed by atoms with E-state index in [2.05, 4.69) is 25.9 Å². The maximum atomic E-state index is 13.7. The molecule has 0 fully saturated rings. The molecule has 0 aliphatic heterocycles. The Morgan fingerprint density at radius 1 is 1.43 bits per heavy atom. The second-order valence-electron chi connectivity index (χ2n) is 4.81. The van der Waals surface area contributed by atoms with Gasteiger partial charge in [0, 0.05) is 17.1 Å². The van der Waals surface area contributed by atoms with E-state index in [1.165, 1.54) is 6.07 Å². The summed E-state index contributed by atoms with van der Waals surface area (Å²) in [5, 5.41) is 2.72. The number of fused-ring (bicyclic) bond motifs is 1. The Morgan fingerprint density at radius 3 is 2.81 bits per heavy atom. The number of aryl methyl sites for hydroxylation is 1. The van der Waals surface area contributed by atoms with Gasteiger partial charge in [-0.2, -0.15) is 0 Å². The third kappa shape index (κ3) is 2.84. The van der Waals surface area contributed by atoms with Crippen LogP contribution in [0.25, 0.3) is 11.0 Å². The van der Waals surface area contributed by atoms with Crippen molar-refractivity contribution < 1.29 is 4.39 Å². The van der Waals surface area contributed by atoms with Crippen molar-refractivity contribution in [1.29, 1.82) is 0 Å². The van der Waals surface area contributed by atoms with Crippen LogP contribution in [0, 0.1) is 12.7 Å². The summed E-state index contributed by atoms with van der Waals surface area (Å²) in [6.07, 6.45) is 0. The molecule has 1 aromatic carbocycles. The summed E-state index contributed by atoms with van der Waals surface area (Å²) in [7, 11) is 0. The first kappa shape index (κ1) is 14.9. The normalized spacial score (nSPS) is 13.0. The van der Waals surface area contributed by atoms with Crippen molar-refractivity contribution >= 4 is 49.9 Å². The molecule has 0 radical (unpaired) electrons. The highest BCUT2D eigenvalue weighted by Crippen LogP contribution is 2.29. The summed E-state index contributed by atoms with van der Waals surface area (Å²) < 4.78 is 16.1. The Bertz CT molecular complexity index is 812. The quantitative estimate of drug-likeness (QED) is 0.588. The van der Waals surface area contributed by atoms with Crippen molar-refractivity contribution in [3.8, 4) is 0 Å². The molecule has 2 aromatic heterocycles. The van der Waals surface area contributed by atoms with Gasteiger partial charge in [0.05, 0.1) is 27.4 Å². The number of halogens is 3. The van der Waals surface area contributed by atoms with Crippen LogP contribution >= 0.6 is 38.9 Å². The first-order valence-electron chi connectivity index (χ1n) is 6.36. The Balaban J connectivity index is 2.17. The number of alkyl halides is 1. The highest BCUT2D eigenvalue weighted by atomic mass is 79.9. The average molecular weight is 389 g/mol. The van der Waals surface area contributed by atoms with Crippen LogP contribution in [0.1, 0.15) is 28.8 Å². The zero-order chi connectivity index (χ0) is 15.1. The van der Waals surface area contributed by atoms with Gasteiger partial charge in [-0.3, -0.25) is 0 Å². The number of nitrogens with zero attached hydrogens (tertiary/aromatic N) is 3. The third-order valence-corrected chi connectivity index (χ3v) is 4.89. The molecule has 0 saturated heterocycles. The molecule has 0 saturated carbocycles. The summed E-state index contributed by atoms with van der Waals surface area (Å²) in [5.74, 6) is 0.392. The summed E-state index contributed by atoms with van der Waals surface area (Å²) >= 11 is 11.0. The number of aromatic nitrogens is 3. The van der Waals surface area contributed by atoms with E-state index in [1.807, 2.05) is 23.8 Å². The summed E-state index contributed by atoms with van der Waals surface area (Å²) in [4.78, 5) is 8.94. The topological polar surface area (TPSA) is 30.7 Å². The molecular formula is C14H12BrClFN3S. The fourth-order valence-electron chi connectivity index (χ4n) is 2.22. The van der Waals surface area contributed by atoms with Crippen LogP contribution in [-0.4, -0.2) is 14.5 Å². The lowest BCUT2D eigenvalue weighted by Crippen LogP contribution is -2.05. The molecule has 2 heterocycles. The zero-order valence-electron chi connectivity index (χ0n) is 11.4. The minimum absolute atomic E-state index is 0.264. The molecule has 0 aliphatic rings. The maximum Gasteiger partial charge on any atom is 0.139 e. The maximum absolute atomic E-state index is 13.7. The van der Waals surface area contributed by atoms with Crippen molar-refractivity contribution in [2.45, 2.75) is 25.8 Å². The van der Waals surface area contributed by atoms with E-state index < -0.39 is 0 Å². The molecule has 1 atom stereocenters. The molecular weight excluding hydrogens is 377 g/mol.